The van der Waals surface area contributed by atoms with E-state index in [9.17, 15) is 5.11 Å². The number of phenols is 1. The zero-order chi connectivity index (χ0) is 13.2. The number of rotatable bonds is 1. The molecule has 3 nitrogen and oxygen atoms in total. The zero-order valence-corrected chi connectivity index (χ0v) is 10.6. The number of allylic oxidation sites excluding steroid dienone is 2. The molecule has 1 heterocycles. The molecule has 0 aliphatic heterocycles. The SMILES string of the molecule is N#Cc1ccc2ccc(C3=CCCCC3)nc2c1O. The van der Waals surface area contributed by atoms with Gasteiger partial charge < -0.3 is 5.11 Å². The minimum absolute atomic E-state index is 0.0155. The van der Waals surface area contributed by atoms with Crippen LogP contribution in [0, 0.1) is 11.3 Å². The van der Waals surface area contributed by atoms with Crippen LogP contribution >= 0.6 is 0 Å². The van der Waals surface area contributed by atoms with E-state index in [1.54, 1.807) is 6.07 Å². The van der Waals surface area contributed by atoms with E-state index in [2.05, 4.69) is 11.1 Å². The molecular weight excluding hydrogens is 236 g/mol. The van der Waals surface area contributed by atoms with Crippen molar-refractivity contribution >= 4 is 16.5 Å². The first-order chi connectivity index (χ1) is 9.29. The summed E-state index contributed by atoms with van der Waals surface area (Å²) in [6, 6.07) is 9.37. The number of nitrogens with zero attached hydrogens (tertiary/aromatic N) is 2. The first kappa shape index (κ1) is 11.7. The lowest BCUT2D eigenvalue weighted by molar-refractivity contribution is 0.478. The summed E-state index contributed by atoms with van der Waals surface area (Å²) < 4.78 is 0. The van der Waals surface area contributed by atoms with Gasteiger partial charge in [0.1, 0.15) is 11.6 Å². The van der Waals surface area contributed by atoms with Gasteiger partial charge in [-0.1, -0.05) is 18.2 Å². The summed E-state index contributed by atoms with van der Waals surface area (Å²) >= 11 is 0. The summed E-state index contributed by atoms with van der Waals surface area (Å²) in [5.74, 6) is -0.0155. The van der Waals surface area contributed by atoms with Gasteiger partial charge in [-0.15, -0.1) is 0 Å². The Kier molecular flexibility index (Phi) is 2.92. The highest BCUT2D eigenvalue weighted by atomic mass is 16.3. The Hall–Kier alpha value is -2.34. The van der Waals surface area contributed by atoms with E-state index in [1.807, 2.05) is 24.3 Å². The van der Waals surface area contributed by atoms with Crippen LogP contribution in [0.1, 0.15) is 36.9 Å². The fraction of sp³-hybridized carbons (Fsp3) is 0.250. The number of fused-ring (bicyclic) bond motifs is 1. The summed E-state index contributed by atoms with van der Waals surface area (Å²) in [5.41, 5.74) is 2.95. The molecule has 0 saturated heterocycles. The highest BCUT2D eigenvalue weighted by molar-refractivity contribution is 5.88. The Morgan fingerprint density at radius 2 is 2.00 bits per heavy atom. The largest absolute Gasteiger partial charge is 0.504 e. The monoisotopic (exact) mass is 250 g/mol. The van der Waals surface area contributed by atoms with Crippen molar-refractivity contribution in [2.45, 2.75) is 25.7 Å². The molecule has 0 spiro atoms. The molecular formula is C16H14N2O. The predicted molar refractivity (Wildman–Crippen MR) is 74.6 cm³/mol. The normalized spacial score (nSPS) is 15.0. The maximum atomic E-state index is 10.1. The van der Waals surface area contributed by atoms with Gasteiger partial charge in [-0.2, -0.15) is 5.26 Å². The number of benzene rings is 1. The van der Waals surface area contributed by atoms with Gasteiger partial charge in [-0.25, -0.2) is 4.98 Å². The molecule has 3 rings (SSSR count). The van der Waals surface area contributed by atoms with Crippen molar-refractivity contribution in [2.24, 2.45) is 0 Å². The van der Waals surface area contributed by atoms with Crippen molar-refractivity contribution in [2.75, 3.05) is 0 Å². The number of aromatic hydroxyl groups is 1. The van der Waals surface area contributed by atoms with Crippen molar-refractivity contribution < 1.29 is 5.11 Å². The number of aromatic nitrogens is 1. The minimum Gasteiger partial charge on any atom is -0.504 e. The average Bonchev–Trinajstić information content (AvgIpc) is 2.48. The maximum Gasteiger partial charge on any atom is 0.159 e. The summed E-state index contributed by atoms with van der Waals surface area (Å²) in [6.07, 6.45) is 6.79. The Morgan fingerprint density at radius 1 is 1.16 bits per heavy atom. The van der Waals surface area contributed by atoms with Crippen LogP contribution in [0.4, 0.5) is 0 Å². The lowest BCUT2D eigenvalue weighted by Gasteiger charge is -2.13. The van der Waals surface area contributed by atoms with Crippen LogP contribution < -0.4 is 0 Å². The third kappa shape index (κ3) is 2.06. The van der Waals surface area contributed by atoms with E-state index < -0.39 is 0 Å². The van der Waals surface area contributed by atoms with Crippen molar-refractivity contribution in [3.8, 4) is 11.8 Å². The van der Waals surface area contributed by atoms with E-state index in [0.717, 1.165) is 23.9 Å². The zero-order valence-electron chi connectivity index (χ0n) is 10.6. The van der Waals surface area contributed by atoms with Gasteiger partial charge in [0.25, 0.3) is 0 Å². The molecule has 1 aliphatic rings. The van der Waals surface area contributed by atoms with Crippen LogP contribution in [-0.4, -0.2) is 10.1 Å². The molecule has 0 unspecified atom stereocenters. The number of pyridine rings is 1. The fourth-order valence-corrected chi connectivity index (χ4v) is 2.51. The molecule has 2 aromatic rings. The van der Waals surface area contributed by atoms with E-state index in [1.165, 1.54) is 18.4 Å². The first-order valence-corrected chi connectivity index (χ1v) is 6.52. The van der Waals surface area contributed by atoms with Gasteiger partial charge in [0.05, 0.1) is 11.3 Å². The molecule has 0 bridgehead atoms. The number of phenolic OH excluding ortho intramolecular Hbond substituents is 1. The van der Waals surface area contributed by atoms with Gasteiger partial charge in [-0.05, 0) is 43.4 Å². The Labute approximate surface area is 111 Å². The van der Waals surface area contributed by atoms with Crippen LogP contribution in [-0.2, 0) is 0 Å². The van der Waals surface area contributed by atoms with Gasteiger partial charge in [0.15, 0.2) is 5.75 Å². The second kappa shape index (κ2) is 4.74. The molecule has 1 aromatic heterocycles. The van der Waals surface area contributed by atoms with Crippen molar-refractivity contribution in [1.82, 2.24) is 4.98 Å². The molecule has 1 aromatic carbocycles. The first-order valence-electron chi connectivity index (χ1n) is 6.52. The highest BCUT2D eigenvalue weighted by Gasteiger charge is 2.11. The topological polar surface area (TPSA) is 56.9 Å². The molecule has 0 radical (unpaired) electrons. The van der Waals surface area contributed by atoms with Crippen LogP contribution in [0.15, 0.2) is 30.3 Å². The predicted octanol–water partition coefficient (Wildman–Crippen LogP) is 3.77. The fourth-order valence-electron chi connectivity index (χ4n) is 2.51. The third-order valence-electron chi connectivity index (χ3n) is 3.58. The van der Waals surface area contributed by atoms with E-state index in [4.69, 9.17) is 5.26 Å². The molecule has 94 valence electrons. The third-order valence-corrected chi connectivity index (χ3v) is 3.58. The number of nitriles is 1. The lowest BCUT2D eigenvalue weighted by atomic mass is 9.96. The molecule has 3 heteroatoms. The Balaban J connectivity index is 2.17. The van der Waals surface area contributed by atoms with E-state index in [-0.39, 0.29) is 11.3 Å². The van der Waals surface area contributed by atoms with Crippen molar-refractivity contribution in [1.29, 1.82) is 5.26 Å². The van der Waals surface area contributed by atoms with Crippen molar-refractivity contribution in [3.63, 3.8) is 0 Å². The molecule has 0 atom stereocenters. The second-order valence-corrected chi connectivity index (χ2v) is 4.82. The minimum atomic E-state index is -0.0155. The molecule has 0 amide bonds. The maximum absolute atomic E-state index is 10.1. The smallest absolute Gasteiger partial charge is 0.159 e. The van der Waals surface area contributed by atoms with Crippen LogP contribution in [0.2, 0.25) is 0 Å². The summed E-state index contributed by atoms with van der Waals surface area (Å²) in [4.78, 5) is 4.54. The highest BCUT2D eigenvalue weighted by Crippen LogP contribution is 2.30. The van der Waals surface area contributed by atoms with Crippen molar-refractivity contribution in [3.05, 3.63) is 41.6 Å². The van der Waals surface area contributed by atoms with Crippen LogP contribution in [0.5, 0.6) is 5.75 Å². The van der Waals surface area contributed by atoms with Crippen LogP contribution in [0.25, 0.3) is 16.5 Å². The Morgan fingerprint density at radius 3 is 2.74 bits per heavy atom. The Bertz CT molecular complexity index is 710. The molecule has 1 N–H and O–H groups in total. The average molecular weight is 250 g/mol. The summed E-state index contributed by atoms with van der Waals surface area (Å²) in [7, 11) is 0. The van der Waals surface area contributed by atoms with Gasteiger partial charge >= 0.3 is 0 Å². The summed E-state index contributed by atoms with van der Waals surface area (Å²) in [6.45, 7) is 0. The molecule has 19 heavy (non-hydrogen) atoms. The second-order valence-electron chi connectivity index (χ2n) is 4.82. The van der Waals surface area contributed by atoms with Gasteiger partial charge in [-0.3, -0.25) is 0 Å². The number of hydrogen-bond acceptors (Lipinski definition) is 3. The quantitative estimate of drug-likeness (QED) is 0.838. The molecule has 0 saturated carbocycles. The van der Waals surface area contributed by atoms with E-state index in [0.29, 0.717) is 5.52 Å². The number of hydrogen-bond donors (Lipinski definition) is 1. The molecule has 1 aliphatic carbocycles. The van der Waals surface area contributed by atoms with Crippen LogP contribution in [0.3, 0.4) is 0 Å². The lowest BCUT2D eigenvalue weighted by Crippen LogP contribution is -1.95. The van der Waals surface area contributed by atoms with Gasteiger partial charge in [0.2, 0.25) is 0 Å². The summed E-state index contributed by atoms with van der Waals surface area (Å²) in [5, 5.41) is 19.9. The standard InChI is InChI=1S/C16H14N2O/c17-10-13-7-6-12-8-9-14(18-15(12)16(13)19)11-4-2-1-3-5-11/h4,6-9,19H,1-3,5H2. The van der Waals surface area contributed by atoms with E-state index >= 15 is 0 Å². The van der Waals surface area contributed by atoms with Gasteiger partial charge in [0, 0.05) is 5.39 Å². The molecule has 0 fully saturated rings.